The van der Waals surface area contributed by atoms with Crippen LogP contribution in [0.2, 0.25) is 5.02 Å². The predicted molar refractivity (Wildman–Crippen MR) is 88.3 cm³/mol. The summed E-state index contributed by atoms with van der Waals surface area (Å²) < 4.78 is 19.7. The minimum atomic E-state index is -0.740. The standard InChI is InChI=1S/C18H15ClFNO3/c1-2-3-8-24-16-10-15(14(20)9-13(16)19)21-17(22)11-6-4-5-7-12(11)18(21)23/h9-10H,4-8H2,1H3. The van der Waals surface area contributed by atoms with E-state index in [0.29, 0.717) is 24.0 Å². The smallest absolute Gasteiger partial charge is 0.261 e. The van der Waals surface area contributed by atoms with Gasteiger partial charge in [-0.25, -0.2) is 9.29 Å². The van der Waals surface area contributed by atoms with E-state index < -0.39 is 17.6 Å². The lowest BCUT2D eigenvalue weighted by molar-refractivity contribution is -0.120. The molecule has 1 aliphatic carbocycles. The van der Waals surface area contributed by atoms with Crippen molar-refractivity contribution < 1.29 is 18.7 Å². The number of carbonyl (C=O) groups is 2. The van der Waals surface area contributed by atoms with Gasteiger partial charge in [-0.2, -0.15) is 0 Å². The molecule has 1 aliphatic heterocycles. The molecule has 2 amide bonds. The number of hydrogen-bond donors (Lipinski definition) is 0. The third-order valence-electron chi connectivity index (χ3n) is 4.11. The van der Waals surface area contributed by atoms with Gasteiger partial charge in [-0.1, -0.05) is 17.5 Å². The SMILES string of the molecule is CC#CCOc1cc(N2C(=O)C3=C(CCCC3)C2=O)c(F)cc1Cl. The zero-order chi connectivity index (χ0) is 17.3. The highest BCUT2D eigenvalue weighted by Gasteiger charge is 2.41. The number of nitrogens with zero attached hydrogens (tertiary/aromatic N) is 1. The van der Waals surface area contributed by atoms with Gasteiger partial charge in [0, 0.05) is 17.2 Å². The van der Waals surface area contributed by atoms with Crippen molar-refractivity contribution in [2.75, 3.05) is 11.5 Å². The van der Waals surface area contributed by atoms with Crippen LogP contribution in [0.4, 0.5) is 10.1 Å². The second-order valence-electron chi connectivity index (χ2n) is 5.56. The van der Waals surface area contributed by atoms with E-state index in [1.165, 1.54) is 6.07 Å². The molecule has 3 rings (SSSR count). The number of halogens is 2. The van der Waals surface area contributed by atoms with Gasteiger partial charge in [0.05, 0.1) is 10.7 Å². The highest BCUT2D eigenvalue weighted by atomic mass is 35.5. The molecule has 1 aromatic carbocycles. The Morgan fingerprint density at radius 3 is 2.42 bits per heavy atom. The molecule has 0 aromatic heterocycles. The van der Waals surface area contributed by atoms with Crippen molar-refractivity contribution in [3.63, 3.8) is 0 Å². The van der Waals surface area contributed by atoms with Crippen LogP contribution in [-0.2, 0) is 9.59 Å². The summed E-state index contributed by atoms with van der Waals surface area (Å²) in [5.41, 5.74) is 0.864. The molecule has 0 fully saturated rings. The van der Waals surface area contributed by atoms with Gasteiger partial charge in [0.15, 0.2) is 0 Å². The first-order valence-corrected chi connectivity index (χ1v) is 8.04. The summed E-state index contributed by atoms with van der Waals surface area (Å²) in [6, 6.07) is 2.33. The lowest BCUT2D eigenvalue weighted by atomic mass is 9.93. The second-order valence-corrected chi connectivity index (χ2v) is 5.97. The van der Waals surface area contributed by atoms with Crippen molar-refractivity contribution in [2.45, 2.75) is 32.6 Å². The van der Waals surface area contributed by atoms with Crippen molar-refractivity contribution >= 4 is 29.1 Å². The Hall–Kier alpha value is -2.32. The minimum absolute atomic E-state index is 0.0611. The number of benzene rings is 1. The Kier molecular flexibility index (Phi) is 4.59. The fourth-order valence-corrected chi connectivity index (χ4v) is 3.15. The first kappa shape index (κ1) is 16.5. The average Bonchev–Trinajstić information content (AvgIpc) is 2.82. The van der Waals surface area contributed by atoms with E-state index in [1.54, 1.807) is 6.92 Å². The van der Waals surface area contributed by atoms with E-state index in [4.69, 9.17) is 16.3 Å². The Labute approximate surface area is 144 Å². The van der Waals surface area contributed by atoms with Gasteiger partial charge < -0.3 is 4.74 Å². The lowest BCUT2D eigenvalue weighted by Gasteiger charge is -2.17. The molecule has 0 atom stereocenters. The van der Waals surface area contributed by atoms with Crippen molar-refractivity contribution in [2.24, 2.45) is 0 Å². The number of anilines is 1. The molecule has 0 radical (unpaired) electrons. The number of hydrogen-bond acceptors (Lipinski definition) is 3. The van der Waals surface area contributed by atoms with Gasteiger partial charge in [-0.05, 0) is 38.7 Å². The third-order valence-corrected chi connectivity index (χ3v) is 4.40. The van der Waals surface area contributed by atoms with E-state index in [0.717, 1.165) is 23.8 Å². The van der Waals surface area contributed by atoms with Crippen LogP contribution in [0.3, 0.4) is 0 Å². The first-order chi connectivity index (χ1) is 11.5. The van der Waals surface area contributed by atoms with Crippen LogP contribution in [0.25, 0.3) is 0 Å². The summed E-state index contributed by atoms with van der Waals surface area (Å²) in [4.78, 5) is 26.0. The highest BCUT2D eigenvalue weighted by Crippen LogP contribution is 2.39. The van der Waals surface area contributed by atoms with Crippen LogP contribution in [0.5, 0.6) is 5.75 Å². The normalized spacial score (nSPS) is 16.9. The molecule has 1 heterocycles. The first-order valence-electron chi connectivity index (χ1n) is 7.67. The molecule has 0 N–H and O–H groups in total. The zero-order valence-corrected chi connectivity index (χ0v) is 13.9. The number of amides is 2. The molecule has 0 unspecified atom stereocenters. The summed E-state index contributed by atoms with van der Waals surface area (Å²) in [7, 11) is 0. The molecule has 0 spiro atoms. The van der Waals surface area contributed by atoms with Crippen molar-refractivity contribution in [3.8, 4) is 17.6 Å². The number of carbonyl (C=O) groups excluding carboxylic acids is 2. The molecule has 2 aliphatic rings. The second kappa shape index (κ2) is 6.66. The number of imide groups is 1. The molecular formula is C18H15ClFNO3. The van der Waals surface area contributed by atoms with E-state index in [1.807, 2.05) is 0 Å². The van der Waals surface area contributed by atoms with Gasteiger partial charge in [0.1, 0.15) is 18.2 Å². The van der Waals surface area contributed by atoms with Crippen LogP contribution in [0.15, 0.2) is 23.3 Å². The van der Waals surface area contributed by atoms with E-state index in [2.05, 4.69) is 11.8 Å². The lowest BCUT2D eigenvalue weighted by Crippen LogP contribution is -2.32. The van der Waals surface area contributed by atoms with Gasteiger partial charge in [-0.15, -0.1) is 5.92 Å². The molecule has 4 nitrogen and oxygen atoms in total. The molecule has 24 heavy (non-hydrogen) atoms. The molecule has 124 valence electrons. The Morgan fingerprint density at radius 1 is 1.21 bits per heavy atom. The summed E-state index contributed by atoms with van der Waals surface area (Å²) in [6.45, 7) is 1.75. The average molecular weight is 348 g/mol. The van der Waals surface area contributed by atoms with Crippen LogP contribution < -0.4 is 9.64 Å². The minimum Gasteiger partial charge on any atom is -0.479 e. The third kappa shape index (κ3) is 2.78. The number of rotatable bonds is 3. The summed E-state index contributed by atoms with van der Waals surface area (Å²) in [5.74, 6) is 3.92. The fourth-order valence-electron chi connectivity index (χ4n) is 2.94. The molecule has 0 saturated carbocycles. The molecule has 0 bridgehead atoms. The quantitative estimate of drug-likeness (QED) is 0.619. The van der Waals surface area contributed by atoms with E-state index >= 15 is 0 Å². The van der Waals surface area contributed by atoms with Gasteiger partial charge in [-0.3, -0.25) is 9.59 Å². The Morgan fingerprint density at radius 2 is 1.83 bits per heavy atom. The van der Waals surface area contributed by atoms with Crippen molar-refractivity contribution in [3.05, 3.63) is 34.1 Å². The Bertz CT molecular complexity index is 792. The van der Waals surface area contributed by atoms with Gasteiger partial charge >= 0.3 is 0 Å². The van der Waals surface area contributed by atoms with Crippen LogP contribution in [0.1, 0.15) is 32.6 Å². The van der Waals surface area contributed by atoms with E-state index in [9.17, 15) is 14.0 Å². The van der Waals surface area contributed by atoms with Crippen LogP contribution in [0, 0.1) is 17.7 Å². The summed E-state index contributed by atoms with van der Waals surface area (Å²) in [6.07, 6.45) is 2.83. The monoisotopic (exact) mass is 347 g/mol. The largest absolute Gasteiger partial charge is 0.479 e. The predicted octanol–water partition coefficient (Wildman–Crippen LogP) is 3.63. The van der Waals surface area contributed by atoms with Crippen molar-refractivity contribution in [1.82, 2.24) is 0 Å². The van der Waals surface area contributed by atoms with Gasteiger partial charge in [0.2, 0.25) is 0 Å². The maximum Gasteiger partial charge on any atom is 0.261 e. The molecule has 0 saturated heterocycles. The fraction of sp³-hybridized carbons (Fsp3) is 0.333. The summed E-state index contributed by atoms with van der Waals surface area (Å²) >= 11 is 5.97. The highest BCUT2D eigenvalue weighted by molar-refractivity contribution is 6.34. The maximum absolute atomic E-state index is 14.4. The number of ether oxygens (including phenoxy) is 1. The van der Waals surface area contributed by atoms with Gasteiger partial charge in [0.25, 0.3) is 11.8 Å². The molecular weight excluding hydrogens is 333 g/mol. The topological polar surface area (TPSA) is 46.6 Å². The summed E-state index contributed by atoms with van der Waals surface area (Å²) in [5, 5.41) is 0.0611. The zero-order valence-electron chi connectivity index (χ0n) is 13.1. The molecule has 1 aromatic rings. The molecule has 6 heteroatoms. The van der Waals surface area contributed by atoms with Crippen molar-refractivity contribution in [1.29, 1.82) is 0 Å². The Balaban J connectivity index is 1.97. The van der Waals surface area contributed by atoms with Crippen LogP contribution in [-0.4, -0.2) is 18.4 Å². The maximum atomic E-state index is 14.4. The van der Waals surface area contributed by atoms with Crippen LogP contribution >= 0.6 is 11.6 Å². The van der Waals surface area contributed by atoms with E-state index in [-0.39, 0.29) is 23.1 Å².